The third kappa shape index (κ3) is 8.26. The number of halogens is 1. The van der Waals surface area contributed by atoms with E-state index in [4.69, 9.17) is 4.74 Å². The van der Waals surface area contributed by atoms with Crippen LogP contribution in [0.1, 0.15) is 26.7 Å². The van der Waals surface area contributed by atoms with E-state index < -0.39 is 0 Å². The molecule has 0 radical (unpaired) electrons. The molecule has 1 fully saturated rings. The molecule has 1 saturated heterocycles. The van der Waals surface area contributed by atoms with Crippen LogP contribution in [0.2, 0.25) is 0 Å². The Morgan fingerprint density at radius 1 is 1.20 bits per heavy atom. The lowest BCUT2D eigenvalue weighted by molar-refractivity contribution is 0.121. The van der Waals surface area contributed by atoms with Crippen LogP contribution in [0.15, 0.2) is 4.99 Å². The van der Waals surface area contributed by atoms with E-state index in [-0.39, 0.29) is 24.0 Å². The summed E-state index contributed by atoms with van der Waals surface area (Å²) in [5, 5.41) is 6.54. The number of piperidine rings is 1. The van der Waals surface area contributed by atoms with Crippen molar-refractivity contribution in [3.05, 3.63) is 0 Å². The third-order valence-electron chi connectivity index (χ3n) is 3.51. The van der Waals surface area contributed by atoms with Crippen LogP contribution < -0.4 is 10.6 Å². The van der Waals surface area contributed by atoms with Gasteiger partial charge < -0.3 is 20.3 Å². The fraction of sp³-hybridized carbons (Fsp3) is 0.929. The van der Waals surface area contributed by atoms with E-state index in [1.165, 1.54) is 25.9 Å². The minimum absolute atomic E-state index is 0. The van der Waals surface area contributed by atoms with Crippen molar-refractivity contribution < 1.29 is 4.74 Å². The summed E-state index contributed by atoms with van der Waals surface area (Å²) in [6.45, 7) is 11.2. The molecule has 2 N–H and O–H groups in total. The van der Waals surface area contributed by atoms with E-state index in [9.17, 15) is 0 Å². The number of ether oxygens (including phenoxy) is 1. The summed E-state index contributed by atoms with van der Waals surface area (Å²) in [6.07, 6.45) is 2.50. The monoisotopic (exact) mass is 398 g/mol. The zero-order valence-corrected chi connectivity index (χ0v) is 15.5. The van der Waals surface area contributed by atoms with Crippen molar-refractivity contribution in [3.63, 3.8) is 0 Å². The maximum absolute atomic E-state index is 5.12. The maximum atomic E-state index is 5.12. The highest BCUT2D eigenvalue weighted by atomic mass is 127. The molecule has 120 valence electrons. The second-order valence-electron chi connectivity index (χ2n) is 5.03. The van der Waals surface area contributed by atoms with E-state index >= 15 is 0 Å². The minimum Gasteiger partial charge on any atom is -0.383 e. The average Bonchev–Trinajstić information content (AvgIpc) is 2.44. The van der Waals surface area contributed by atoms with Crippen molar-refractivity contribution in [1.82, 2.24) is 15.5 Å². The molecule has 0 atom stereocenters. The van der Waals surface area contributed by atoms with Gasteiger partial charge in [0, 0.05) is 33.3 Å². The molecule has 1 aliphatic rings. The number of nitrogens with zero attached hydrogens (tertiary/aromatic N) is 2. The Hall–Kier alpha value is -0.0800. The van der Waals surface area contributed by atoms with Crippen LogP contribution in [0.5, 0.6) is 0 Å². The molecule has 0 aromatic heterocycles. The van der Waals surface area contributed by atoms with Crippen LogP contribution in [0, 0.1) is 5.92 Å². The highest BCUT2D eigenvalue weighted by molar-refractivity contribution is 14.0. The first-order valence-electron chi connectivity index (χ1n) is 7.53. The fourth-order valence-corrected chi connectivity index (χ4v) is 2.34. The topological polar surface area (TPSA) is 48.9 Å². The molecule has 0 spiro atoms. The van der Waals surface area contributed by atoms with E-state index in [0.717, 1.165) is 44.7 Å². The summed E-state index contributed by atoms with van der Waals surface area (Å²) in [5.74, 6) is 1.68. The first-order chi connectivity index (χ1) is 9.30. The Morgan fingerprint density at radius 2 is 1.80 bits per heavy atom. The van der Waals surface area contributed by atoms with Gasteiger partial charge in [-0.15, -0.1) is 24.0 Å². The molecule has 0 aromatic rings. The van der Waals surface area contributed by atoms with E-state index in [1.807, 2.05) is 0 Å². The van der Waals surface area contributed by atoms with Gasteiger partial charge in [-0.05, 0) is 45.7 Å². The van der Waals surface area contributed by atoms with Gasteiger partial charge in [-0.3, -0.25) is 4.99 Å². The van der Waals surface area contributed by atoms with Crippen molar-refractivity contribution in [2.45, 2.75) is 26.7 Å². The van der Waals surface area contributed by atoms with Crippen LogP contribution in [0.3, 0.4) is 0 Å². The van der Waals surface area contributed by atoms with Gasteiger partial charge in [0.15, 0.2) is 5.96 Å². The molecule has 0 unspecified atom stereocenters. The van der Waals surface area contributed by atoms with Gasteiger partial charge in [0.1, 0.15) is 0 Å². The molecule has 0 bridgehead atoms. The van der Waals surface area contributed by atoms with Crippen LogP contribution in [-0.2, 0) is 4.74 Å². The van der Waals surface area contributed by atoms with Crippen molar-refractivity contribution in [1.29, 1.82) is 0 Å². The van der Waals surface area contributed by atoms with Crippen molar-refractivity contribution in [2.24, 2.45) is 10.9 Å². The molecule has 1 heterocycles. The van der Waals surface area contributed by atoms with Crippen LogP contribution in [0.25, 0.3) is 0 Å². The standard InChI is InChI=1S/C14H30N4O.HI/c1-4-15-14(16-5-2)17-12-13-6-8-18(9-7-13)10-11-19-3;/h13H,4-12H2,1-3H3,(H2,15,16,17);1H. The van der Waals surface area contributed by atoms with Crippen molar-refractivity contribution in [3.8, 4) is 0 Å². The number of likely N-dealkylation sites (tertiary alicyclic amines) is 1. The Balaban J connectivity index is 0.00000361. The Bertz CT molecular complexity index is 248. The van der Waals surface area contributed by atoms with Gasteiger partial charge in [0.2, 0.25) is 0 Å². The molecule has 0 aliphatic carbocycles. The largest absolute Gasteiger partial charge is 0.383 e. The number of hydrogen-bond donors (Lipinski definition) is 2. The van der Waals surface area contributed by atoms with Gasteiger partial charge in [0.25, 0.3) is 0 Å². The zero-order valence-electron chi connectivity index (χ0n) is 13.2. The van der Waals surface area contributed by atoms with Crippen LogP contribution >= 0.6 is 24.0 Å². The van der Waals surface area contributed by atoms with Gasteiger partial charge in [0.05, 0.1) is 6.61 Å². The summed E-state index contributed by atoms with van der Waals surface area (Å²) < 4.78 is 5.12. The summed E-state index contributed by atoms with van der Waals surface area (Å²) in [7, 11) is 1.77. The molecule has 0 aromatic carbocycles. The van der Waals surface area contributed by atoms with Gasteiger partial charge in [-0.25, -0.2) is 0 Å². The van der Waals surface area contributed by atoms with E-state index in [2.05, 4.69) is 34.4 Å². The first kappa shape index (κ1) is 19.9. The third-order valence-corrected chi connectivity index (χ3v) is 3.51. The molecule has 0 saturated carbocycles. The van der Waals surface area contributed by atoms with Crippen LogP contribution in [-0.4, -0.2) is 63.8 Å². The Labute approximate surface area is 140 Å². The number of methoxy groups -OCH3 is 1. The van der Waals surface area contributed by atoms with E-state index in [0.29, 0.717) is 0 Å². The normalized spacial score (nSPS) is 16.4. The van der Waals surface area contributed by atoms with E-state index in [1.54, 1.807) is 7.11 Å². The quantitative estimate of drug-likeness (QED) is 0.388. The zero-order chi connectivity index (χ0) is 13.9. The lowest BCUT2D eigenvalue weighted by Crippen LogP contribution is -2.39. The second-order valence-corrected chi connectivity index (χ2v) is 5.03. The Morgan fingerprint density at radius 3 is 2.30 bits per heavy atom. The Kier molecular flexibility index (Phi) is 12.6. The summed E-state index contributed by atoms with van der Waals surface area (Å²) >= 11 is 0. The fourth-order valence-electron chi connectivity index (χ4n) is 2.34. The summed E-state index contributed by atoms with van der Waals surface area (Å²) in [4.78, 5) is 7.15. The predicted octanol–water partition coefficient (Wildman–Crippen LogP) is 1.54. The molecular formula is C14H31IN4O. The molecular weight excluding hydrogens is 367 g/mol. The summed E-state index contributed by atoms with van der Waals surface area (Å²) in [5.41, 5.74) is 0. The van der Waals surface area contributed by atoms with Crippen molar-refractivity contribution in [2.75, 3.05) is 53.0 Å². The summed E-state index contributed by atoms with van der Waals surface area (Å²) in [6, 6.07) is 0. The maximum Gasteiger partial charge on any atom is 0.191 e. The van der Waals surface area contributed by atoms with Gasteiger partial charge in [-0.2, -0.15) is 0 Å². The number of aliphatic imine (C=N–C) groups is 1. The number of hydrogen-bond acceptors (Lipinski definition) is 3. The molecule has 20 heavy (non-hydrogen) atoms. The lowest BCUT2D eigenvalue weighted by Gasteiger charge is -2.31. The molecule has 0 amide bonds. The highest BCUT2D eigenvalue weighted by Crippen LogP contribution is 2.17. The van der Waals surface area contributed by atoms with Crippen LogP contribution in [0.4, 0.5) is 0 Å². The molecule has 1 aliphatic heterocycles. The number of guanidine groups is 1. The molecule has 5 nitrogen and oxygen atoms in total. The SMILES string of the molecule is CCNC(=NCC1CCN(CCOC)CC1)NCC.I. The van der Waals surface area contributed by atoms with Gasteiger partial charge >= 0.3 is 0 Å². The minimum atomic E-state index is 0. The number of rotatable bonds is 7. The lowest BCUT2D eigenvalue weighted by atomic mass is 9.97. The molecule has 1 rings (SSSR count). The number of nitrogens with one attached hydrogen (secondary N) is 2. The average molecular weight is 398 g/mol. The first-order valence-corrected chi connectivity index (χ1v) is 7.53. The highest BCUT2D eigenvalue weighted by Gasteiger charge is 2.18. The molecule has 6 heteroatoms. The van der Waals surface area contributed by atoms with Crippen molar-refractivity contribution >= 4 is 29.9 Å². The van der Waals surface area contributed by atoms with Gasteiger partial charge in [-0.1, -0.05) is 0 Å². The second kappa shape index (κ2) is 12.6. The smallest absolute Gasteiger partial charge is 0.191 e. The predicted molar refractivity (Wildman–Crippen MR) is 96.1 cm³/mol.